The molecular weight excluding hydrogens is 408 g/mol. The van der Waals surface area contributed by atoms with Gasteiger partial charge in [-0.15, -0.1) is 11.3 Å². The first-order valence-corrected chi connectivity index (χ1v) is 10.4. The molecule has 12 heteroatoms. The van der Waals surface area contributed by atoms with Crippen LogP contribution in [0.4, 0.5) is 5.13 Å². The summed E-state index contributed by atoms with van der Waals surface area (Å²) in [6, 6.07) is 5.95. The Bertz CT molecular complexity index is 929. The highest BCUT2D eigenvalue weighted by Crippen LogP contribution is 2.26. The number of aromatic nitrogens is 1. The quantitative estimate of drug-likeness (QED) is 0.574. The summed E-state index contributed by atoms with van der Waals surface area (Å²) in [4.78, 5) is 38.3. The van der Waals surface area contributed by atoms with Crippen LogP contribution in [0.1, 0.15) is 12.0 Å². The average molecular weight is 426 g/mol. The monoisotopic (exact) mass is 426 g/mol. The molecule has 2 amide bonds. The van der Waals surface area contributed by atoms with Crippen LogP contribution in [-0.2, 0) is 31.0 Å². The maximum Gasteiger partial charge on any atom is 0.290 e. The van der Waals surface area contributed by atoms with Crippen molar-refractivity contribution in [3.05, 3.63) is 41.4 Å². The Labute approximate surface area is 165 Å². The van der Waals surface area contributed by atoms with Crippen LogP contribution >= 0.6 is 11.3 Å². The third kappa shape index (κ3) is 5.58. The van der Waals surface area contributed by atoms with Crippen molar-refractivity contribution in [1.82, 2.24) is 10.3 Å². The summed E-state index contributed by atoms with van der Waals surface area (Å²) in [5, 5.41) is 17.1. The molecule has 150 valence electrons. The molecule has 0 radical (unpaired) electrons. The Kier molecular flexibility index (Phi) is 7.20. The Morgan fingerprint density at radius 3 is 2.57 bits per heavy atom. The number of carboxylic acid groups (broad SMARTS) is 1. The molecule has 1 atom stereocenters. The summed E-state index contributed by atoms with van der Waals surface area (Å²) in [5.74, 6) is -0.768. The summed E-state index contributed by atoms with van der Waals surface area (Å²) >= 11 is 1.35. The van der Waals surface area contributed by atoms with Crippen LogP contribution in [0, 0.1) is 5.92 Å². The minimum absolute atomic E-state index is 0.0167. The number of benzene rings is 1. The third-order valence-corrected chi connectivity index (χ3v) is 5.59. The highest BCUT2D eigenvalue weighted by atomic mass is 32.2. The van der Waals surface area contributed by atoms with E-state index in [9.17, 15) is 18.0 Å². The smallest absolute Gasteiger partial charge is 0.290 e. The second-order valence-electron chi connectivity index (χ2n) is 5.73. The molecule has 0 bridgehead atoms. The van der Waals surface area contributed by atoms with Crippen LogP contribution in [-0.4, -0.2) is 43.3 Å². The maximum atomic E-state index is 12.3. The molecule has 1 saturated heterocycles. The van der Waals surface area contributed by atoms with Crippen molar-refractivity contribution >= 4 is 44.8 Å². The number of nitrogens with zero attached hydrogens (tertiary/aromatic N) is 2. The van der Waals surface area contributed by atoms with Crippen LogP contribution in [0.2, 0.25) is 0 Å². The van der Waals surface area contributed by atoms with E-state index >= 15 is 0 Å². The summed E-state index contributed by atoms with van der Waals surface area (Å²) < 4.78 is 22.4. The first-order valence-electron chi connectivity index (χ1n) is 7.93. The van der Waals surface area contributed by atoms with Crippen molar-refractivity contribution in [3.8, 4) is 0 Å². The number of primary sulfonamides is 1. The number of nitrogens with one attached hydrogen (secondary N) is 1. The van der Waals surface area contributed by atoms with E-state index in [1.807, 2.05) is 0 Å². The molecule has 1 aliphatic heterocycles. The van der Waals surface area contributed by atoms with Crippen LogP contribution in [0.25, 0.3) is 0 Å². The van der Waals surface area contributed by atoms with Gasteiger partial charge in [0, 0.05) is 31.1 Å². The van der Waals surface area contributed by atoms with Crippen molar-refractivity contribution in [2.75, 3.05) is 11.4 Å². The molecule has 10 nitrogen and oxygen atoms in total. The molecule has 4 N–H and O–H groups in total. The van der Waals surface area contributed by atoms with Gasteiger partial charge in [-0.3, -0.25) is 19.3 Å². The van der Waals surface area contributed by atoms with Crippen LogP contribution in [0.15, 0.2) is 40.7 Å². The number of carbonyl (C=O) groups excluding carboxylic acids is 2. The lowest BCUT2D eigenvalue weighted by molar-refractivity contribution is -0.126. The zero-order chi connectivity index (χ0) is 20.7. The van der Waals surface area contributed by atoms with Gasteiger partial charge in [-0.2, -0.15) is 0 Å². The molecule has 1 aliphatic rings. The lowest BCUT2D eigenvalue weighted by Crippen LogP contribution is -2.32. The SMILES string of the molecule is NS(=O)(=O)c1ccc(CNC(=O)C2CC(=O)N(c3nccs3)C2)cc1.O=CO. The van der Waals surface area contributed by atoms with Crippen molar-refractivity contribution in [1.29, 1.82) is 0 Å². The Morgan fingerprint density at radius 2 is 2.04 bits per heavy atom. The fourth-order valence-electron chi connectivity index (χ4n) is 2.55. The third-order valence-electron chi connectivity index (χ3n) is 3.86. The predicted molar refractivity (Wildman–Crippen MR) is 101 cm³/mol. The lowest BCUT2D eigenvalue weighted by Gasteiger charge is -2.13. The van der Waals surface area contributed by atoms with Gasteiger partial charge >= 0.3 is 0 Å². The molecule has 1 unspecified atom stereocenters. The molecular formula is C16H18N4O6S2. The molecule has 3 rings (SSSR count). The minimum Gasteiger partial charge on any atom is -0.483 e. The zero-order valence-electron chi connectivity index (χ0n) is 14.5. The van der Waals surface area contributed by atoms with Gasteiger partial charge in [0.25, 0.3) is 6.47 Å². The van der Waals surface area contributed by atoms with Gasteiger partial charge in [0.15, 0.2) is 5.13 Å². The number of anilines is 1. The largest absolute Gasteiger partial charge is 0.483 e. The number of amides is 2. The molecule has 0 spiro atoms. The van der Waals surface area contributed by atoms with E-state index < -0.39 is 15.9 Å². The normalized spacial score (nSPS) is 16.2. The van der Waals surface area contributed by atoms with Crippen molar-refractivity contribution in [2.45, 2.75) is 17.9 Å². The maximum absolute atomic E-state index is 12.3. The van der Waals surface area contributed by atoms with Gasteiger partial charge in [-0.1, -0.05) is 12.1 Å². The van der Waals surface area contributed by atoms with E-state index in [-0.39, 0.29) is 36.1 Å². The van der Waals surface area contributed by atoms with E-state index in [1.165, 1.54) is 28.4 Å². The van der Waals surface area contributed by atoms with E-state index in [2.05, 4.69) is 10.3 Å². The fraction of sp³-hybridized carbons (Fsp3) is 0.250. The van der Waals surface area contributed by atoms with Crippen LogP contribution < -0.4 is 15.4 Å². The highest BCUT2D eigenvalue weighted by molar-refractivity contribution is 7.89. The van der Waals surface area contributed by atoms with E-state index in [0.717, 1.165) is 5.56 Å². The Morgan fingerprint density at radius 1 is 1.39 bits per heavy atom. The van der Waals surface area contributed by atoms with Gasteiger partial charge < -0.3 is 10.4 Å². The molecule has 2 heterocycles. The number of hydrogen-bond donors (Lipinski definition) is 3. The molecule has 1 aromatic heterocycles. The predicted octanol–water partition coefficient (Wildman–Crippen LogP) is 0.161. The van der Waals surface area contributed by atoms with Gasteiger partial charge in [0.2, 0.25) is 21.8 Å². The first-order chi connectivity index (χ1) is 13.3. The van der Waals surface area contributed by atoms with Crippen LogP contribution in [0.5, 0.6) is 0 Å². The first kappa shape index (κ1) is 21.5. The number of hydrogen-bond acceptors (Lipinski definition) is 7. The number of rotatable bonds is 5. The van der Waals surface area contributed by atoms with Crippen molar-refractivity contribution < 1.29 is 27.9 Å². The molecule has 0 aliphatic carbocycles. The zero-order valence-corrected chi connectivity index (χ0v) is 16.1. The fourth-order valence-corrected chi connectivity index (χ4v) is 3.73. The number of nitrogens with two attached hydrogens (primary N) is 1. The molecule has 1 aromatic carbocycles. The topological polar surface area (TPSA) is 160 Å². The molecule has 28 heavy (non-hydrogen) atoms. The second kappa shape index (κ2) is 9.39. The highest BCUT2D eigenvalue weighted by Gasteiger charge is 2.36. The average Bonchev–Trinajstić information content (AvgIpc) is 3.29. The Balaban J connectivity index is 0.000000878. The summed E-state index contributed by atoms with van der Waals surface area (Å²) in [7, 11) is -3.73. The Hall–Kier alpha value is -2.83. The second-order valence-corrected chi connectivity index (χ2v) is 8.17. The van der Waals surface area contributed by atoms with E-state index in [1.54, 1.807) is 23.7 Å². The van der Waals surface area contributed by atoms with E-state index in [4.69, 9.17) is 15.0 Å². The van der Waals surface area contributed by atoms with Gasteiger partial charge in [-0.25, -0.2) is 18.5 Å². The number of carbonyl (C=O) groups is 3. The van der Waals surface area contributed by atoms with Crippen molar-refractivity contribution in [2.24, 2.45) is 11.1 Å². The van der Waals surface area contributed by atoms with Gasteiger partial charge in [0.05, 0.1) is 10.8 Å². The minimum atomic E-state index is -3.73. The summed E-state index contributed by atoms with van der Waals surface area (Å²) in [6.07, 6.45) is 1.77. The van der Waals surface area contributed by atoms with Crippen LogP contribution in [0.3, 0.4) is 0 Å². The number of thiazole rings is 1. The van der Waals surface area contributed by atoms with Gasteiger partial charge in [0.1, 0.15) is 0 Å². The molecule has 2 aromatic rings. The van der Waals surface area contributed by atoms with Crippen molar-refractivity contribution in [3.63, 3.8) is 0 Å². The standard InChI is InChI=1S/C15H16N4O4S2.CH2O2/c16-25(22,23)12-3-1-10(2-4-12)8-18-14(21)11-7-13(20)19(9-11)15-17-5-6-24-15;2-1-3/h1-6,11H,7-9H2,(H,18,21)(H2,16,22,23);1H,(H,2,3). The lowest BCUT2D eigenvalue weighted by atomic mass is 10.1. The van der Waals surface area contributed by atoms with E-state index in [0.29, 0.717) is 11.7 Å². The summed E-state index contributed by atoms with van der Waals surface area (Å²) in [5.41, 5.74) is 0.738. The molecule has 1 fully saturated rings. The summed E-state index contributed by atoms with van der Waals surface area (Å²) in [6.45, 7) is 0.300. The van der Waals surface area contributed by atoms with Gasteiger partial charge in [-0.05, 0) is 17.7 Å². The molecule has 0 saturated carbocycles. The number of sulfonamides is 1.